The van der Waals surface area contributed by atoms with E-state index in [0.717, 1.165) is 32.7 Å². The molecule has 0 bridgehead atoms. The van der Waals surface area contributed by atoms with Crippen LogP contribution in [-0.2, 0) is 9.59 Å². The highest BCUT2D eigenvalue weighted by Crippen LogP contribution is 2.15. The van der Waals surface area contributed by atoms with Crippen LogP contribution < -0.4 is 10.1 Å². The molecule has 2 rings (SSSR count). The van der Waals surface area contributed by atoms with Crippen LogP contribution in [0.15, 0.2) is 24.3 Å². The minimum absolute atomic E-state index is 0.0784. The van der Waals surface area contributed by atoms with Crippen LogP contribution in [0.4, 0.5) is 0 Å². The van der Waals surface area contributed by atoms with Crippen molar-refractivity contribution in [1.82, 2.24) is 15.1 Å². The summed E-state index contributed by atoms with van der Waals surface area (Å²) in [5.41, 5.74) is 0. The Hall–Kier alpha value is -1.79. The van der Waals surface area contributed by atoms with Gasteiger partial charge in [-0.05, 0) is 30.8 Å². The van der Waals surface area contributed by atoms with Gasteiger partial charge in [-0.25, -0.2) is 0 Å². The first-order valence-corrected chi connectivity index (χ1v) is 8.61. The standard InChI is InChI=1S/C17H24ClN3O3/c1-2-20-9-11-21(12-10-20)17(23)7-8-19-16(22)13-24-15-5-3-14(18)4-6-15/h3-6H,2,7-13H2,1H3,(H,19,22). The van der Waals surface area contributed by atoms with Gasteiger partial charge in [-0.1, -0.05) is 18.5 Å². The van der Waals surface area contributed by atoms with Crippen LogP contribution in [0.3, 0.4) is 0 Å². The van der Waals surface area contributed by atoms with Crippen LogP contribution in [-0.4, -0.2) is 67.5 Å². The second kappa shape index (κ2) is 9.49. The maximum absolute atomic E-state index is 12.1. The molecule has 0 unspecified atom stereocenters. The zero-order chi connectivity index (χ0) is 17.4. The number of benzene rings is 1. The van der Waals surface area contributed by atoms with Gasteiger partial charge in [0.05, 0.1) is 0 Å². The van der Waals surface area contributed by atoms with E-state index in [9.17, 15) is 9.59 Å². The second-order valence-electron chi connectivity index (χ2n) is 5.66. The normalized spacial score (nSPS) is 15.2. The third-order valence-electron chi connectivity index (χ3n) is 4.02. The molecule has 1 aromatic rings. The summed E-state index contributed by atoms with van der Waals surface area (Å²) in [5.74, 6) is 0.428. The quantitative estimate of drug-likeness (QED) is 0.804. The summed E-state index contributed by atoms with van der Waals surface area (Å²) in [4.78, 5) is 28.0. The van der Waals surface area contributed by atoms with Crippen molar-refractivity contribution in [2.24, 2.45) is 0 Å². The number of nitrogens with zero attached hydrogens (tertiary/aromatic N) is 2. The molecule has 24 heavy (non-hydrogen) atoms. The molecule has 1 fully saturated rings. The van der Waals surface area contributed by atoms with Crippen LogP contribution in [0.1, 0.15) is 13.3 Å². The van der Waals surface area contributed by atoms with Crippen LogP contribution in [0.2, 0.25) is 5.02 Å². The SMILES string of the molecule is CCN1CCN(C(=O)CCNC(=O)COc2ccc(Cl)cc2)CC1. The molecule has 7 heteroatoms. The number of ether oxygens (including phenoxy) is 1. The molecular formula is C17H24ClN3O3. The van der Waals surface area contributed by atoms with Gasteiger partial charge in [0.15, 0.2) is 6.61 Å². The number of halogens is 1. The molecule has 1 aliphatic heterocycles. The number of likely N-dealkylation sites (N-methyl/N-ethyl adjacent to an activating group) is 1. The third-order valence-corrected chi connectivity index (χ3v) is 4.27. The lowest BCUT2D eigenvalue weighted by atomic mass is 10.2. The monoisotopic (exact) mass is 353 g/mol. The summed E-state index contributed by atoms with van der Waals surface area (Å²) in [5, 5.41) is 3.32. The lowest BCUT2D eigenvalue weighted by Crippen LogP contribution is -2.49. The summed E-state index contributed by atoms with van der Waals surface area (Å²) in [6.45, 7) is 6.76. The topological polar surface area (TPSA) is 61.9 Å². The average molecular weight is 354 g/mol. The Morgan fingerprint density at radius 3 is 2.46 bits per heavy atom. The van der Waals surface area contributed by atoms with Gasteiger partial charge in [-0.3, -0.25) is 9.59 Å². The summed E-state index contributed by atoms with van der Waals surface area (Å²) in [6.07, 6.45) is 0.318. The number of nitrogens with one attached hydrogen (secondary N) is 1. The molecule has 132 valence electrons. The molecule has 6 nitrogen and oxygen atoms in total. The highest BCUT2D eigenvalue weighted by atomic mass is 35.5. The van der Waals surface area contributed by atoms with E-state index in [1.54, 1.807) is 24.3 Å². The van der Waals surface area contributed by atoms with E-state index in [1.165, 1.54) is 0 Å². The van der Waals surface area contributed by atoms with Crippen molar-refractivity contribution >= 4 is 23.4 Å². The second-order valence-corrected chi connectivity index (χ2v) is 6.09. The Labute approximate surface area is 147 Å². The summed E-state index contributed by atoms with van der Waals surface area (Å²) < 4.78 is 5.35. The molecule has 0 aliphatic carbocycles. The first kappa shape index (κ1) is 18.5. The van der Waals surface area contributed by atoms with Gasteiger partial charge in [0.25, 0.3) is 5.91 Å². The number of carbonyl (C=O) groups excluding carboxylic acids is 2. The van der Waals surface area contributed by atoms with E-state index in [1.807, 2.05) is 4.90 Å². The lowest BCUT2D eigenvalue weighted by Gasteiger charge is -2.34. The molecule has 1 saturated heterocycles. The smallest absolute Gasteiger partial charge is 0.257 e. The van der Waals surface area contributed by atoms with Crippen LogP contribution in [0.25, 0.3) is 0 Å². The van der Waals surface area contributed by atoms with Crippen molar-refractivity contribution in [3.8, 4) is 5.75 Å². The van der Waals surface area contributed by atoms with Crippen molar-refractivity contribution in [1.29, 1.82) is 0 Å². The highest BCUT2D eigenvalue weighted by molar-refractivity contribution is 6.30. The third kappa shape index (κ3) is 6.02. The largest absolute Gasteiger partial charge is 0.484 e. The Balaban J connectivity index is 1.60. The lowest BCUT2D eigenvalue weighted by molar-refractivity contribution is -0.133. The van der Waals surface area contributed by atoms with E-state index in [2.05, 4.69) is 17.1 Å². The van der Waals surface area contributed by atoms with Crippen LogP contribution >= 0.6 is 11.6 Å². The van der Waals surface area contributed by atoms with Gasteiger partial charge in [-0.2, -0.15) is 0 Å². The van der Waals surface area contributed by atoms with E-state index in [4.69, 9.17) is 16.3 Å². The van der Waals surface area contributed by atoms with E-state index in [0.29, 0.717) is 23.7 Å². The number of hydrogen-bond acceptors (Lipinski definition) is 4. The molecule has 1 aromatic carbocycles. The van der Waals surface area contributed by atoms with Gasteiger partial charge in [0.1, 0.15) is 5.75 Å². The molecule has 0 radical (unpaired) electrons. The van der Waals surface area contributed by atoms with Crippen molar-refractivity contribution < 1.29 is 14.3 Å². The average Bonchev–Trinajstić information content (AvgIpc) is 2.61. The molecule has 0 saturated carbocycles. The number of hydrogen-bond donors (Lipinski definition) is 1. The molecule has 1 aliphatic rings. The van der Waals surface area contributed by atoms with E-state index < -0.39 is 0 Å². The minimum Gasteiger partial charge on any atom is -0.484 e. The van der Waals surface area contributed by atoms with Gasteiger partial charge in [0.2, 0.25) is 5.91 Å². The summed E-state index contributed by atoms with van der Waals surface area (Å²) in [6, 6.07) is 6.81. The predicted molar refractivity (Wildman–Crippen MR) is 93.3 cm³/mol. The van der Waals surface area contributed by atoms with E-state index in [-0.39, 0.29) is 18.4 Å². The van der Waals surface area contributed by atoms with Gasteiger partial charge >= 0.3 is 0 Å². The minimum atomic E-state index is -0.242. The summed E-state index contributed by atoms with van der Waals surface area (Å²) >= 11 is 5.78. The zero-order valence-corrected chi connectivity index (χ0v) is 14.7. The number of rotatable bonds is 7. The number of carbonyl (C=O) groups is 2. The van der Waals surface area contributed by atoms with Crippen molar-refractivity contribution in [3.05, 3.63) is 29.3 Å². The van der Waals surface area contributed by atoms with Gasteiger partial charge in [0, 0.05) is 44.2 Å². The zero-order valence-electron chi connectivity index (χ0n) is 14.0. The van der Waals surface area contributed by atoms with Crippen molar-refractivity contribution in [3.63, 3.8) is 0 Å². The molecule has 0 atom stereocenters. The maximum Gasteiger partial charge on any atom is 0.257 e. The molecular weight excluding hydrogens is 330 g/mol. The van der Waals surface area contributed by atoms with Gasteiger partial charge < -0.3 is 19.9 Å². The Bertz CT molecular complexity index is 543. The first-order chi connectivity index (χ1) is 11.6. The Morgan fingerprint density at radius 2 is 1.83 bits per heavy atom. The fraction of sp³-hybridized carbons (Fsp3) is 0.529. The maximum atomic E-state index is 12.1. The molecule has 2 amide bonds. The van der Waals surface area contributed by atoms with E-state index >= 15 is 0 Å². The fourth-order valence-corrected chi connectivity index (χ4v) is 2.64. The van der Waals surface area contributed by atoms with Crippen molar-refractivity contribution in [2.75, 3.05) is 45.9 Å². The van der Waals surface area contributed by atoms with Crippen LogP contribution in [0, 0.1) is 0 Å². The summed E-state index contributed by atoms with van der Waals surface area (Å²) in [7, 11) is 0. The molecule has 0 aromatic heterocycles. The molecule has 0 spiro atoms. The van der Waals surface area contributed by atoms with Crippen molar-refractivity contribution in [2.45, 2.75) is 13.3 Å². The number of amides is 2. The van der Waals surface area contributed by atoms with Gasteiger partial charge in [-0.15, -0.1) is 0 Å². The Kier molecular flexibility index (Phi) is 7.34. The molecule has 1 N–H and O–H groups in total. The molecule has 1 heterocycles. The Morgan fingerprint density at radius 1 is 1.17 bits per heavy atom. The fourth-order valence-electron chi connectivity index (χ4n) is 2.51. The van der Waals surface area contributed by atoms with Crippen LogP contribution in [0.5, 0.6) is 5.75 Å². The highest BCUT2D eigenvalue weighted by Gasteiger charge is 2.19. The first-order valence-electron chi connectivity index (χ1n) is 8.23. The number of piperazine rings is 1. The predicted octanol–water partition coefficient (Wildman–Crippen LogP) is 1.39.